The van der Waals surface area contributed by atoms with Crippen LogP contribution in [0, 0.1) is 15.9 Å². The van der Waals surface area contributed by atoms with Crippen molar-refractivity contribution in [2.24, 2.45) is 7.05 Å². The van der Waals surface area contributed by atoms with E-state index in [4.69, 9.17) is 0 Å². The Morgan fingerprint density at radius 1 is 1.14 bits per heavy atom. The minimum absolute atomic E-state index is 0.0342. The van der Waals surface area contributed by atoms with Crippen molar-refractivity contribution in [3.05, 3.63) is 86.7 Å². The topological polar surface area (TPSA) is 84.2 Å². The minimum Gasteiger partial charge on any atom is -0.345 e. The number of H-pyrrole nitrogens is 1. The average Bonchev–Trinajstić information content (AvgIpc) is 3.00. The number of benzene rings is 2. The fraction of sp³-hybridized carbons (Fsp3) is 0.0952. The van der Waals surface area contributed by atoms with E-state index in [2.05, 4.69) is 4.98 Å². The fourth-order valence-corrected chi connectivity index (χ4v) is 4.04. The van der Waals surface area contributed by atoms with Crippen LogP contribution in [-0.4, -0.2) is 14.5 Å². The summed E-state index contributed by atoms with van der Waals surface area (Å²) in [5.41, 5.74) is 4.03. The number of aryl methyl sites for hydroxylation is 1. The number of anilines is 2. The van der Waals surface area contributed by atoms with Gasteiger partial charge < -0.3 is 14.5 Å². The van der Waals surface area contributed by atoms with Crippen LogP contribution >= 0.6 is 0 Å². The van der Waals surface area contributed by atoms with Crippen molar-refractivity contribution in [2.75, 3.05) is 4.90 Å². The summed E-state index contributed by atoms with van der Waals surface area (Å²) < 4.78 is 15.2. The first kappa shape index (κ1) is 17.2. The van der Waals surface area contributed by atoms with E-state index in [0.717, 1.165) is 27.9 Å². The van der Waals surface area contributed by atoms with Gasteiger partial charge in [-0.25, -0.2) is 4.39 Å². The van der Waals surface area contributed by atoms with Gasteiger partial charge in [0.2, 0.25) is 0 Å². The number of nitro benzene ring substituents is 1. The summed E-state index contributed by atoms with van der Waals surface area (Å²) in [7, 11) is 1.78. The molecule has 29 heavy (non-hydrogen) atoms. The molecule has 4 aromatic rings. The second-order valence-corrected chi connectivity index (χ2v) is 7.04. The van der Waals surface area contributed by atoms with Crippen molar-refractivity contribution in [1.82, 2.24) is 9.55 Å². The maximum Gasteiger partial charge on any atom is 0.272 e. The van der Waals surface area contributed by atoms with E-state index in [0.29, 0.717) is 17.6 Å². The maximum atomic E-state index is 13.5. The van der Waals surface area contributed by atoms with E-state index in [1.807, 2.05) is 11.1 Å². The van der Waals surface area contributed by atoms with Gasteiger partial charge in [-0.05, 0) is 35.9 Å². The van der Waals surface area contributed by atoms with Crippen LogP contribution in [-0.2, 0) is 13.6 Å². The standard InChI is InChI=1S/C21H15FN4O3/c1-24-11-17-16-8-15(26(28)29)6-7-18(16)25(14-4-2-13(22)3-5-14)10-12-9-23-21(27)20(24)19(12)17/h2-9,11H,10H2,1H3,(H,23,27). The number of aromatic amines is 1. The summed E-state index contributed by atoms with van der Waals surface area (Å²) in [6.07, 6.45) is 3.49. The number of nitrogens with one attached hydrogen (secondary N) is 1. The van der Waals surface area contributed by atoms with E-state index >= 15 is 0 Å². The molecular formula is C21H15FN4O3. The molecule has 0 unspecified atom stereocenters. The minimum atomic E-state index is -0.438. The Morgan fingerprint density at radius 3 is 2.62 bits per heavy atom. The smallest absolute Gasteiger partial charge is 0.272 e. The van der Waals surface area contributed by atoms with Gasteiger partial charge in [0.15, 0.2) is 0 Å². The highest BCUT2D eigenvalue weighted by Gasteiger charge is 2.27. The normalized spacial score (nSPS) is 12.7. The number of nitro groups is 1. The summed E-state index contributed by atoms with van der Waals surface area (Å²) in [5.74, 6) is -0.345. The zero-order valence-corrected chi connectivity index (χ0v) is 15.3. The molecule has 0 spiro atoms. The summed E-state index contributed by atoms with van der Waals surface area (Å²) in [5, 5.41) is 12.2. The molecule has 0 aliphatic carbocycles. The van der Waals surface area contributed by atoms with Gasteiger partial charge in [-0.15, -0.1) is 0 Å². The van der Waals surface area contributed by atoms with Crippen LogP contribution in [0.15, 0.2) is 59.7 Å². The lowest BCUT2D eigenvalue weighted by atomic mass is 10.0. The Bertz CT molecular complexity index is 1360. The van der Waals surface area contributed by atoms with Crippen molar-refractivity contribution >= 4 is 28.0 Å². The molecule has 7 nitrogen and oxygen atoms in total. The first-order chi connectivity index (χ1) is 13.9. The van der Waals surface area contributed by atoms with Crippen LogP contribution in [0.4, 0.5) is 21.5 Å². The molecule has 0 fully saturated rings. The first-order valence-electron chi connectivity index (χ1n) is 8.95. The lowest BCUT2D eigenvalue weighted by molar-refractivity contribution is -0.384. The van der Waals surface area contributed by atoms with Gasteiger partial charge in [-0.2, -0.15) is 0 Å². The van der Waals surface area contributed by atoms with Crippen LogP contribution in [0.1, 0.15) is 5.56 Å². The van der Waals surface area contributed by atoms with Crippen LogP contribution in [0.2, 0.25) is 0 Å². The van der Waals surface area contributed by atoms with Gasteiger partial charge in [0, 0.05) is 59.5 Å². The lowest BCUT2D eigenvalue weighted by Crippen LogP contribution is -2.18. The van der Waals surface area contributed by atoms with Crippen molar-refractivity contribution in [3.8, 4) is 11.1 Å². The number of non-ortho nitro benzene ring substituents is 1. The molecule has 5 rings (SSSR count). The molecule has 0 saturated carbocycles. The third kappa shape index (κ3) is 2.53. The highest BCUT2D eigenvalue weighted by molar-refractivity contribution is 6.03. The van der Waals surface area contributed by atoms with Gasteiger partial charge >= 0.3 is 0 Å². The Hall–Kier alpha value is -3.94. The number of halogens is 1. The third-order valence-electron chi connectivity index (χ3n) is 5.33. The molecule has 0 amide bonds. The Morgan fingerprint density at radius 2 is 1.90 bits per heavy atom. The van der Waals surface area contributed by atoms with Crippen molar-refractivity contribution in [1.29, 1.82) is 0 Å². The summed E-state index contributed by atoms with van der Waals surface area (Å²) >= 11 is 0. The number of hydrogen-bond donors (Lipinski definition) is 1. The molecule has 8 heteroatoms. The van der Waals surface area contributed by atoms with Gasteiger partial charge in [-0.3, -0.25) is 14.9 Å². The Kier molecular flexibility index (Phi) is 3.57. The second kappa shape index (κ2) is 6.03. The number of fused-ring (bicyclic) bond motifs is 2. The van der Waals surface area contributed by atoms with Crippen LogP contribution in [0.3, 0.4) is 0 Å². The van der Waals surface area contributed by atoms with E-state index in [9.17, 15) is 19.3 Å². The molecule has 144 valence electrons. The van der Waals surface area contributed by atoms with E-state index in [1.54, 1.807) is 36.0 Å². The maximum absolute atomic E-state index is 13.5. The number of hydrogen-bond acceptors (Lipinski definition) is 4. The number of rotatable bonds is 2. The molecule has 0 radical (unpaired) electrons. The zero-order chi connectivity index (χ0) is 20.3. The van der Waals surface area contributed by atoms with Crippen molar-refractivity contribution < 1.29 is 9.31 Å². The monoisotopic (exact) mass is 390 g/mol. The van der Waals surface area contributed by atoms with E-state index < -0.39 is 4.92 Å². The molecule has 3 heterocycles. The average molecular weight is 390 g/mol. The molecular weight excluding hydrogens is 375 g/mol. The highest BCUT2D eigenvalue weighted by atomic mass is 19.1. The predicted octanol–water partition coefficient (Wildman–Crippen LogP) is 4.23. The molecule has 0 atom stereocenters. The summed E-state index contributed by atoms with van der Waals surface area (Å²) in [6, 6.07) is 10.8. The number of aromatic nitrogens is 2. The molecule has 1 N–H and O–H groups in total. The Labute approximate surface area is 163 Å². The second-order valence-electron chi connectivity index (χ2n) is 7.04. The molecule has 0 bridgehead atoms. The Balaban J connectivity index is 1.87. The fourth-order valence-electron chi connectivity index (χ4n) is 4.04. The lowest BCUT2D eigenvalue weighted by Gasteiger charge is -2.25. The molecule has 1 aliphatic heterocycles. The molecule has 2 aromatic carbocycles. The van der Waals surface area contributed by atoms with Crippen molar-refractivity contribution in [3.63, 3.8) is 0 Å². The summed E-state index contributed by atoms with van der Waals surface area (Å²) in [4.78, 5) is 28.2. The zero-order valence-electron chi connectivity index (χ0n) is 15.3. The number of nitrogens with zero attached hydrogens (tertiary/aromatic N) is 3. The van der Waals surface area contributed by atoms with Gasteiger partial charge in [0.25, 0.3) is 11.2 Å². The van der Waals surface area contributed by atoms with Crippen LogP contribution < -0.4 is 10.5 Å². The van der Waals surface area contributed by atoms with Gasteiger partial charge in [0.05, 0.1) is 11.5 Å². The first-order valence-corrected chi connectivity index (χ1v) is 8.95. The quantitative estimate of drug-likeness (QED) is 0.410. The van der Waals surface area contributed by atoms with Gasteiger partial charge in [0.1, 0.15) is 11.3 Å². The largest absolute Gasteiger partial charge is 0.345 e. The SMILES string of the molecule is Cn1cc2c3c(c[nH]c(=O)c31)CN(c1ccc(F)cc1)c1ccc([N+](=O)[O-])cc1-2. The van der Waals surface area contributed by atoms with E-state index in [-0.39, 0.29) is 17.1 Å². The van der Waals surface area contributed by atoms with Crippen LogP contribution in [0.5, 0.6) is 0 Å². The third-order valence-corrected chi connectivity index (χ3v) is 5.33. The van der Waals surface area contributed by atoms with E-state index in [1.165, 1.54) is 24.3 Å². The summed E-state index contributed by atoms with van der Waals surface area (Å²) in [6.45, 7) is 0.417. The molecule has 2 aromatic heterocycles. The molecule has 0 saturated heterocycles. The van der Waals surface area contributed by atoms with Gasteiger partial charge in [-0.1, -0.05) is 0 Å². The highest BCUT2D eigenvalue weighted by Crippen LogP contribution is 2.45. The predicted molar refractivity (Wildman–Crippen MR) is 108 cm³/mol. The van der Waals surface area contributed by atoms with Crippen LogP contribution in [0.25, 0.3) is 22.0 Å². The number of pyridine rings is 1. The molecule has 1 aliphatic rings. The van der Waals surface area contributed by atoms with Crippen molar-refractivity contribution in [2.45, 2.75) is 6.54 Å².